The van der Waals surface area contributed by atoms with Crippen molar-refractivity contribution in [3.8, 4) is 0 Å². The fraction of sp³-hybridized carbons (Fsp3) is 0.500. The van der Waals surface area contributed by atoms with Gasteiger partial charge in [0.05, 0.1) is 0 Å². The molecule has 0 aliphatic carbocycles. The van der Waals surface area contributed by atoms with E-state index in [2.05, 4.69) is 88.4 Å². The van der Waals surface area contributed by atoms with Crippen molar-refractivity contribution in [2.45, 2.75) is 72.3 Å². The van der Waals surface area contributed by atoms with Crippen molar-refractivity contribution in [3.63, 3.8) is 0 Å². The molecule has 0 spiro atoms. The Balaban J connectivity index is 2.62. The van der Waals surface area contributed by atoms with Gasteiger partial charge < -0.3 is 0 Å². The first kappa shape index (κ1) is 23.1. The minimum absolute atomic E-state index is 1.20. The van der Waals surface area contributed by atoms with Crippen LogP contribution in [0.1, 0.15) is 53.4 Å². The van der Waals surface area contributed by atoms with Crippen LogP contribution < -0.4 is 7.74 Å². The van der Waals surface area contributed by atoms with Gasteiger partial charge in [0.2, 0.25) is 0 Å². The summed E-state index contributed by atoms with van der Waals surface area (Å²) in [6.45, 7) is 9.40. The van der Waals surface area contributed by atoms with E-state index in [1.807, 2.05) is 0 Å². The monoisotopic (exact) mass is 438 g/mol. The van der Waals surface area contributed by atoms with E-state index in [-0.39, 0.29) is 0 Å². The van der Waals surface area contributed by atoms with E-state index in [1.54, 1.807) is 0 Å². The zero-order chi connectivity index (χ0) is 19.6. The molecule has 2 aromatic carbocycles. The predicted octanol–water partition coefficient (Wildman–Crippen LogP) is 7.11. The summed E-state index contributed by atoms with van der Waals surface area (Å²) in [7, 11) is 0. The van der Waals surface area contributed by atoms with Crippen molar-refractivity contribution in [3.05, 3.63) is 60.7 Å². The van der Waals surface area contributed by atoms with Gasteiger partial charge in [-0.3, -0.25) is 0 Å². The molecule has 3 heteroatoms. The summed E-state index contributed by atoms with van der Waals surface area (Å²) >= 11 is -5.25. The average molecular weight is 438 g/mol. The molecule has 2 rings (SSSR count). The first-order chi connectivity index (χ1) is 13.2. The quantitative estimate of drug-likeness (QED) is 0.321. The molecule has 27 heavy (non-hydrogen) atoms. The summed E-state index contributed by atoms with van der Waals surface area (Å²) < 4.78 is 16.1. The maximum absolute atomic E-state index is 7.73. The maximum atomic E-state index is 7.73. The van der Waals surface area contributed by atoms with Crippen molar-refractivity contribution < 1.29 is 35.9 Å². The molecule has 0 aliphatic heterocycles. The van der Waals surface area contributed by atoms with Crippen molar-refractivity contribution in [2.24, 2.45) is 0 Å². The van der Waals surface area contributed by atoms with Crippen LogP contribution in [-0.2, 0) is 35.9 Å². The van der Waals surface area contributed by atoms with E-state index < -0.39 is 34.0 Å². The van der Waals surface area contributed by atoms with Gasteiger partial charge in [-0.2, -0.15) is 0 Å². The number of rotatable bonds is 12. The minimum atomic E-state index is -2.88. The molecule has 0 fully saturated rings. The molecule has 0 heterocycles. The number of benzene rings is 2. The van der Waals surface area contributed by atoms with E-state index in [4.69, 9.17) is 1.90 Å². The summed E-state index contributed by atoms with van der Waals surface area (Å²) in [5.41, 5.74) is 0. The van der Waals surface area contributed by atoms with Gasteiger partial charge in [-0.1, -0.05) is 0 Å². The first-order valence-corrected chi connectivity index (χ1v) is 18.2. The van der Waals surface area contributed by atoms with E-state index in [0.717, 1.165) is 0 Å². The Hall–Kier alpha value is -0.171. The van der Waals surface area contributed by atoms with Crippen LogP contribution in [-0.4, -0.2) is 0 Å². The van der Waals surface area contributed by atoms with Crippen LogP contribution in [0.5, 0.6) is 0 Å². The Kier molecular flexibility index (Phi) is 10.0. The summed E-state index contributed by atoms with van der Waals surface area (Å²) in [6, 6.07) is 22.6. The Morgan fingerprint density at radius 2 is 0.926 bits per heavy atom. The Bertz CT molecular complexity index is 585. The fourth-order valence-corrected chi connectivity index (χ4v) is 26.0. The summed E-state index contributed by atoms with van der Waals surface area (Å²) in [4.78, 5) is 0. The second-order valence-electron chi connectivity index (χ2n) is 7.84. The molecule has 0 amide bonds. The van der Waals surface area contributed by atoms with Crippen LogP contribution in [0, 0.1) is 0 Å². The van der Waals surface area contributed by atoms with E-state index in [9.17, 15) is 0 Å². The van der Waals surface area contributed by atoms with Gasteiger partial charge in [0, 0.05) is 0 Å². The fourth-order valence-electron chi connectivity index (χ4n) is 4.66. The van der Waals surface area contributed by atoms with Gasteiger partial charge in [-0.25, -0.2) is 0 Å². The molecule has 0 aliphatic rings. The van der Waals surface area contributed by atoms with Gasteiger partial charge in [-0.15, -0.1) is 0 Å². The van der Waals surface area contributed by atoms with E-state index in [1.165, 1.54) is 52.3 Å². The van der Waals surface area contributed by atoms with E-state index in [0.29, 0.717) is 0 Å². The van der Waals surface area contributed by atoms with Crippen LogP contribution in [0.3, 0.4) is 0 Å². The second kappa shape index (κ2) is 11.7. The van der Waals surface area contributed by atoms with Gasteiger partial charge in [0.25, 0.3) is 0 Å². The van der Waals surface area contributed by atoms with Crippen molar-refractivity contribution >= 4 is 7.74 Å². The molecule has 0 atom stereocenters. The molecule has 0 saturated heterocycles. The molecular formula is C24H38OTi2. The molecule has 0 bridgehead atoms. The number of hydrogen-bond acceptors (Lipinski definition) is 1. The molecule has 148 valence electrons. The summed E-state index contributed by atoms with van der Waals surface area (Å²) in [6.07, 6.45) is 5.02. The normalized spacial score (nSPS) is 12.3. The van der Waals surface area contributed by atoms with Crippen LogP contribution in [0.15, 0.2) is 60.7 Å². The second-order valence-corrected chi connectivity index (χ2v) is 20.7. The summed E-state index contributed by atoms with van der Waals surface area (Å²) in [5.74, 6) is 0. The molecule has 2 aromatic rings. The zero-order valence-corrected chi connectivity index (χ0v) is 21.0. The van der Waals surface area contributed by atoms with Gasteiger partial charge in [0.1, 0.15) is 0 Å². The standard InChI is InChI=1S/2C6H5.4C3H7.O.2Ti/c2*1-2-4-6-5-3-1;4*1-3-2;;;/h2*1-5H;4*1,3H2,2H3;;;. The molecule has 0 unspecified atom stereocenters. The Morgan fingerprint density at radius 3 is 1.26 bits per heavy atom. The van der Waals surface area contributed by atoms with Gasteiger partial charge >= 0.3 is 177 Å². The zero-order valence-electron chi connectivity index (χ0n) is 17.8. The predicted molar refractivity (Wildman–Crippen MR) is 114 cm³/mol. The Morgan fingerprint density at radius 1 is 0.556 bits per heavy atom. The van der Waals surface area contributed by atoms with Crippen LogP contribution >= 0.6 is 0 Å². The van der Waals surface area contributed by atoms with Crippen LogP contribution in [0.25, 0.3) is 0 Å². The third-order valence-electron chi connectivity index (χ3n) is 5.59. The molecule has 0 radical (unpaired) electrons. The molecule has 1 nitrogen and oxygen atoms in total. The van der Waals surface area contributed by atoms with Crippen LogP contribution in [0.4, 0.5) is 0 Å². The first-order valence-electron chi connectivity index (χ1n) is 11.0. The van der Waals surface area contributed by atoms with Crippen LogP contribution in [0.2, 0.25) is 18.9 Å². The van der Waals surface area contributed by atoms with E-state index >= 15 is 0 Å². The molecular weight excluding hydrogens is 400 g/mol. The molecule has 0 aromatic heterocycles. The van der Waals surface area contributed by atoms with Crippen molar-refractivity contribution in [1.82, 2.24) is 0 Å². The van der Waals surface area contributed by atoms with Crippen molar-refractivity contribution in [2.75, 3.05) is 0 Å². The Labute approximate surface area is 175 Å². The number of hydrogen-bond donors (Lipinski definition) is 0. The summed E-state index contributed by atoms with van der Waals surface area (Å²) in [5, 5.41) is 0. The SMILES string of the molecule is CC[CH2][Ti]([CH2]CC)([CH2]CC)[O][Ti]([CH2]CC)([c]1ccccc1)[c]1ccccc1. The molecule has 0 saturated carbocycles. The third-order valence-corrected chi connectivity index (χ3v) is 24.3. The van der Waals surface area contributed by atoms with Gasteiger partial charge in [0.15, 0.2) is 0 Å². The van der Waals surface area contributed by atoms with Crippen molar-refractivity contribution in [1.29, 1.82) is 0 Å². The topological polar surface area (TPSA) is 9.23 Å². The molecule has 0 N–H and O–H groups in total. The third kappa shape index (κ3) is 5.91. The van der Waals surface area contributed by atoms with Gasteiger partial charge in [-0.05, 0) is 0 Å². The average Bonchev–Trinajstić information content (AvgIpc) is 2.69.